The first-order chi connectivity index (χ1) is 12.2. The van der Waals surface area contributed by atoms with Gasteiger partial charge in [0, 0.05) is 38.3 Å². The molecule has 134 valence electrons. The quantitative estimate of drug-likeness (QED) is 0.827. The number of amides is 1. The van der Waals surface area contributed by atoms with Gasteiger partial charge in [-0.25, -0.2) is 15.0 Å². The van der Waals surface area contributed by atoms with E-state index in [0.29, 0.717) is 45.0 Å². The SMILES string of the molecule is CNc1cc(C)nc([C@@H]2COCCN2C(=O)CCCn2cncn2)n1. The van der Waals surface area contributed by atoms with Gasteiger partial charge >= 0.3 is 0 Å². The average molecular weight is 345 g/mol. The van der Waals surface area contributed by atoms with Crippen molar-refractivity contribution >= 4 is 11.7 Å². The van der Waals surface area contributed by atoms with Crippen LogP contribution in [0.25, 0.3) is 0 Å². The average Bonchev–Trinajstić information content (AvgIpc) is 3.14. The molecule has 0 unspecified atom stereocenters. The zero-order valence-corrected chi connectivity index (χ0v) is 14.6. The van der Waals surface area contributed by atoms with E-state index in [9.17, 15) is 4.79 Å². The summed E-state index contributed by atoms with van der Waals surface area (Å²) in [4.78, 5) is 27.5. The maximum absolute atomic E-state index is 12.7. The van der Waals surface area contributed by atoms with Crippen LogP contribution < -0.4 is 5.32 Å². The van der Waals surface area contributed by atoms with Gasteiger partial charge in [-0.05, 0) is 13.3 Å². The number of nitrogens with zero attached hydrogens (tertiary/aromatic N) is 6. The summed E-state index contributed by atoms with van der Waals surface area (Å²) >= 11 is 0. The molecular formula is C16H23N7O2. The number of nitrogens with one attached hydrogen (secondary N) is 1. The summed E-state index contributed by atoms with van der Waals surface area (Å²) in [5.74, 6) is 1.45. The molecule has 1 aliphatic rings. The largest absolute Gasteiger partial charge is 0.377 e. The summed E-state index contributed by atoms with van der Waals surface area (Å²) in [5, 5.41) is 7.08. The lowest BCUT2D eigenvalue weighted by Gasteiger charge is -2.35. The summed E-state index contributed by atoms with van der Waals surface area (Å²) in [7, 11) is 1.82. The molecule has 1 atom stereocenters. The second-order valence-electron chi connectivity index (χ2n) is 5.94. The number of ether oxygens (including phenoxy) is 1. The number of hydrogen-bond acceptors (Lipinski definition) is 7. The zero-order valence-electron chi connectivity index (χ0n) is 14.6. The smallest absolute Gasteiger partial charge is 0.223 e. The van der Waals surface area contributed by atoms with E-state index in [0.717, 1.165) is 11.5 Å². The highest BCUT2D eigenvalue weighted by molar-refractivity contribution is 5.76. The molecule has 9 nitrogen and oxygen atoms in total. The van der Waals surface area contributed by atoms with Crippen LogP contribution >= 0.6 is 0 Å². The zero-order chi connectivity index (χ0) is 17.6. The summed E-state index contributed by atoms with van der Waals surface area (Å²) < 4.78 is 7.31. The van der Waals surface area contributed by atoms with Gasteiger partial charge in [0.05, 0.1) is 13.2 Å². The highest BCUT2D eigenvalue weighted by Gasteiger charge is 2.30. The highest BCUT2D eigenvalue weighted by atomic mass is 16.5. The summed E-state index contributed by atoms with van der Waals surface area (Å²) in [6, 6.07) is 1.62. The predicted molar refractivity (Wildman–Crippen MR) is 90.8 cm³/mol. The molecule has 0 aromatic carbocycles. The number of aromatic nitrogens is 5. The monoisotopic (exact) mass is 345 g/mol. The van der Waals surface area contributed by atoms with Gasteiger partial charge < -0.3 is 15.0 Å². The van der Waals surface area contributed by atoms with Crippen LogP contribution in [0.1, 0.15) is 30.4 Å². The molecule has 0 spiro atoms. The highest BCUT2D eigenvalue weighted by Crippen LogP contribution is 2.24. The summed E-state index contributed by atoms with van der Waals surface area (Å²) in [5.41, 5.74) is 0.860. The Bertz CT molecular complexity index is 705. The summed E-state index contributed by atoms with van der Waals surface area (Å²) in [6.07, 6.45) is 4.31. The standard InChI is InChI=1S/C16H23N7O2/c1-12-8-14(17-2)21-16(20-12)13-9-25-7-6-23(13)15(24)4-3-5-22-11-18-10-19-22/h8,10-11,13H,3-7,9H2,1-2H3,(H,17,20,21)/t13-/m0/s1. The van der Waals surface area contributed by atoms with Crippen molar-refractivity contribution in [3.8, 4) is 0 Å². The van der Waals surface area contributed by atoms with Gasteiger partial charge in [0.15, 0.2) is 5.82 Å². The van der Waals surface area contributed by atoms with Crippen molar-refractivity contribution in [1.82, 2.24) is 29.6 Å². The van der Waals surface area contributed by atoms with Gasteiger partial charge in [-0.3, -0.25) is 9.48 Å². The maximum Gasteiger partial charge on any atom is 0.223 e. The number of morpholine rings is 1. The van der Waals surface area contributed by atoms with Gasteiger partial charge in [0.2, 0.25) is 5.91 Å². The molecule has 1 saturated heterocycles. The van der Waals surface area contributed by atoms with E-state index in [4.69, 9.17) is 4.74 Å². The minimum absolute atomic E-state index is 0.0875. The Hall–Kier alpha value is -2.55. The second kappa shape index (κ2) is 8.02. The molecule has 2 aromatic rings. The van der Waals surface area contributed by atoms with Crippen molar-refractivity contribution in [2.24, 2.45) is 0 Å². The molecule has 3 rings (SSSR count). The Morgan fingerprint density at radius 1 is 1.44 bits per heavy atom. The lowest BCUT2D eigenvalue weighted by atomic mass is 10.1. The van der Waals surface area contributed by atoms with Gasteiger partial charge in [-0.2, -0.15) is 5.10 Å². The van der Waals surface area contributed by atoms with E-state index in [1.807, 2.05) is 24.9 Å². The van der Waals surface area contributed by atoms with Crippen LogP contribution in [0, 0.1) is 6.92 Å². The number of carbonyl (C=O) groups excluding carboxylic acids is 1. The Labute approximate surface area is 146 Å². The molecule has 1 fully saturated rings. The molecule has 0 aliphatic carbocycles. The molecule has 1 N–H and O–H groups in total. The molecule has 0 bridgehead atoms. The van der Waals surface area contributed by atoms with Crippen LogP contribution in [0.3, 0.4) is 0 Å². The minimum atomic E-state index is -0.250. The Morgan fingerprint density at radius 3 is 3.08 bits per heavy atom. The molecule has 3 heterocycles. The Morgan fingerprint density at radius 2 is 2.32 bits per heavy atom. The fourth-order valence-corrected chi connectivity index (χ4v) is 2.87. The first-order valence-corrected chi connectivity index (χ1v) is 8.40. The van der Waals surface area contributed by atoms with Crippen LogP contribution in [-0.2, 0) is 16.1 Å². The third-order valence-electron chi connectivity index (χ3n) is 4.12. The van der Waals surface area contributed by atoms with Gasteiger partial charge in [-0.1, -0.05) is 0 Å². The van der Waals surface area contributed by atoms with E-state index in [1.54, 1.807) is 11.0 Å². The number of carbonyl (C=O) groups is 1. The van der Waals surface area contributed by atoms with Crippen molar-refractivity contribution in [3.63, 3.8) is 0 Å². The molecule has 9 heteroatoms. The molecule has 0 saturated carbocycles. The van der Waals surface area contributed by atoms with Gasteiger partial charge in [-0.15, -0.1) is 0 Å². The topological polar surface area (TPSA) is 98.1 Å². The van der Waals surface area contributed by atoms with Crippen molar-refractivity contribution < 1.29 is 9.53 Å². The number of anilines is 1. The van der Waals surface area contributed by atoms with E-state index in [2.05, 4.69) is 25.4 Å². The lowest BCUT2D eigenvalue weighted by molar-refractivity contribution is -0.140. The van der Waals surface area contributed by atoms with Gasteiger partial charge in [0.1, 0.15) is 24.5 Å². The fourth-order valence-electron chi connectivity index (χ4n) is 2.87. The van der Waals surface area contributed by atoms with Crippen LogP contribution in [0.4, 0.5) is 5.82 Å². The fraction of sp³-hybridized carbons (Fsp3) is 0.562. The van der Waals surface area contributed by atoms with Crippen molar-refractivity contribution in [1.29, 1.82) is 0 Å². The minimum Gasteiger partial charge on any atom is -0.377 e. The van der Waals surface area contributed by atoms with E-state index < -0.39 is 0 Å². The van der Waals surface area contributed by atoms with Crippen molar-refractivity contribution in [2.45, 2.75) is 32.4 Å². The molecule has 25 heavy (non-hydrogen) atoms. The van der Waals surface area contributed by atoms with Crippen LogP contribution in [-0.4, -0.2) is 62.3 Å². The third kappa shape index (κ3) is 4.30. The Kier molecular flexibility index (Phi) is 5.54. The first-order valence-electron chi connectivity index (χ1n) is 8.40. The van der Waals surface area contributed by atoms with Crippen LogP contribution in [0.2, 0.25) is 0 Å². The van der Waals surface area contributed by atoms with E-state index in [-0.39, 0.29) is 11.9 Å². The molecule has 2 aromatic heterocycles. The van der Waals surface area contributed by atoms with Crippen LogP contribution in [0.5, 0.6) is 0 Å². The lowest BCUT2D eigenvalue weighted by Crippen LogP contribution is -2.44. The van der Waals surface area contributed by atoms with Crippen molar-refractivity contribution in [3.05, 3.63) is 30.2 Å². The summed E-state index contributed by atoms with van der Waals surface area (Å²) in [6.45, 7) is 4.10. The Balaban J connectivity index is 1.67. The third-order valence-corrected chi connectivity index (χ3v) is 4.12. The second-order valence-corrected chi connectivity index (χ2v) is 5.94. The van der Waals surface area contributed by atoms with Gasteiger partial charge in [0.25, 0.3) is 0 Å². The molecular weight excluding hydrogens is 322 g/mol. The van der Waals surface area contributed by atoms with Crippen molar-refractivity contribution in [2.75, 3.05) is 32.1 Å². The van der Waals surface area contributed by atoms with E-state index in [1.165, 1.54) is 6.33 Å². The number of rotatable bonds is 6. The number of hydrogen-bond donors (Lipinski definition) is 1. The maximum atomic E-state index is 12.7. The molecule has 0 radical (unpaired) electrons. The normalized spacial score (nSPS) is 17.5. The molecule has 1 aliphatic heterocycles. The predicted octanol–water partition coefficient (Wildman–Crippen LogP) is 0.799. The van der Waals surface area contributed by atoms with E-state index >= 15 is 0 Å². The number of aryl methyl sites for hydroxylation is 2. The first kappa shape index (κ1) is 17.3. The van der Waals surface area contributed by atoms with Crippen LogP contribution in [0.15, 0.2) is 18.7 Å². The molecule has 1 amide bonds.